The first-order valence-electron chi connectivity index (χ1n) is 8.01. The number of carbonyl (C=O) groups is 2. The van der Waals surface area contributed by atoms with Crippen molar-refractivity contribution >= 4 is 11.8 Å². The van der Waals surface area contributed by atoms with Crippen LogP contribution < -0.4 is 0 Å². The zero-order valence-corrected chi connectivity index (χ0v) is 13.6. The van der Waals surface area contributed by atoms with Crippen LogP contribution in [0.15, 0.2) is 6.07 Å². The lowest BCUT2D eigenvalue weighted by molar-refractivity contribution is -0.134. The zero-order valence-electron chi connectivity index (χ0n) is 13.6. The quantitative estimate of drug-likeness (QED) is 0.814. The smallest absolute Gasteiger partial charge is 0.227 e. The van der Waals surface area contributed by atoms with Crippen molar-refractivity contribution in [3.63, 3.8) is 0 Å². The molecule has 1 aromatic rings. The fourth-order valence-electron chi connectivity index (χ4n) is 3.20. The fourth-order valence-corrected chi connectivity index (χ4v) is 3.20. The van der Waals surface area contributed by atoms with E-state index in [1.54, 1.807) is 4.90 Å². The maximum atomic E-state index is 12.5. The van der Waals surface area contributed by atoms with Gasteiger partial charge in [-0.15, -0.1) is 0 Å². The summed E-state index contributed by atoms with van der Waals surface area (Å²) in [6.07, 6.45) is 2.57. The summed E-state index contributed by atoms with van der Waals surface area (Å²) in [5.41, 5.74) is 2.10. The molecule has 6 heteroatoms. The molecule has 0 aromatic carbocycles. The van der Waals surface area contributed by atoms with E-state index < -0.39 is 0 Å². The highest BCUT2D eigenvalue weighted by atomic mass is 16.2. The molecule has 3 rings (SSSR count). The van der Waals surface area contributed by atoms with Gasteiger partial charge in [0.1, 0.15) is 0 Å². The minimum Gasteiger partial charge on any atom is -0.344 e. The summed E-state index contributed by atoms with van der Waals surface area (Å²) in [4.78, 5) is 28.1. The van der Waals surface area contributed by atoms with E-state index in [0.717, 1.165) is 24.2 Å². The van der Waals surface area contributed by atoms with Gasteiger partial charge in [-0.1, -0.05) is 0 Å². The normalized spacial score (nSPS) is 21.5. The molecule has 0 spiro atoms. The lowest BCUT2D eigenvalue weighted by Crippen LogP contribution is -2.37. The van der Waals surface area contributed by atoms with Crippen molar-refractivity contribution in [1.82, 2.24) is 19.6 Å². The molecule has 2 heterocycles. The second-order valence-electron chi connectivity index (χ2n) is 6.59. The third-order valence-corrected chi connectivity index (χ3v) is 4.62. The Morgan fingerprint density at radius 3 is 2.73 bits per heavy atom. The van der Waals surface area contributed by atoms with Gasteiger partial charge in [0.05, 0.1) is 18.2 Å². The molecule has 1 saturated carbocycles. The summed E-state index contributed by atoms with van der Waals surface area (Å²) in [6, 6.07) is 2.44. The maximum Gasteiger partial charge on any atom is 0.227 e. The number of amides is 2. The van der Waals surface area contributed by atoms with Crippen LogP contribution in [0.1, 0.15) is 30.7 Å². The minimum atomic E-state index is -0.168. The van der Waals surface area contributed by atoms with Crippen molar-refractivity contribution in [2.45, 2.75) is 45.7 Å². The lowest BCUT2D eigenvalue weighted by atomic mass is 10.1. The van der Waals surface area contributed by atoms with Crippen molar-refractivity contribution < 1.29 is 9.59 Å². The van der Waals surface area contributed by atoms with Crippen molar-refractivity contribution in [1.29, 1.82) is 0 Å². The highest BCUT2D eigenvalue weighted by Crippen LogP contribution is 2.33. The summed E-state index contributed by atoms with van der Waals surface area (Å²) in [7, 11) is 1.82. The Morgan fingerprint density at radius 1 is 1.41 bits per heavy atom. The number of likely N-dealkylation sites (N-methyl/N-ethyl adjacent to an activating group) is 1. The van der Waals surface area contributed by atoms with E-state index >= 15 is 0 Å². The van der Waals surface area contributed by atoms with Crippen LogP contribution >= 0.6 is 0 Å². The van der Waals surface area contributed by atoms with E-state index in [-0.39, 0.29) is 17.7 Å². The highest BCUT2D eigenvalue weighted by molar-refractivity contribution is 5.89. The van der Waals surface area contributed by atoms with Gasteiger partial charge in [0.25, 0.3) is 0 Å². The molecule has 120 valence electrons. The lowest BCUT2D eigenvalue weighted by Gasteiger charge is -2.21. The fraction of sp³-hybridized carbons (Fsp3) is 0.688. The van der Waals surface area contributed by atoms with Gasteiger partial charge in [0, 0.05) is 38.3 Å². The summed E-state index contributed by atoms with van der Waals surface area (Å²) < 4.78 is 1.93. The van der Waals surface area contributed by atoms with Crippen LogP contribution in [0.3, 0.4) is 0 Å². The first-order valence-corrected chi connectivity index (χ1v) is 8.01. The topological polar surface area (TPSA) is 58.4 Å². The summed E-state index contributed by atoms with van der Waals surface area (Å²) in [5.74, 6) is 0.0596. The summed E-state index contributed by atoms with van der Waals surface area (Å²) >= 11 is 0. The number of likely N-dealkylation sites (tertiary alicyclic amines) is 1. The van der Waals surface area contributed by atoms with E-state index in [9.17, 15) is 9.59 Å². The molecule has 0 unspecified atom stereocenters. The van der Waals surface area contributed by atoms with E-state index in [1.165, 1.54) is 0 Å². The molecule has 1 aliphatic heterocycles. The molecule has 0 bridgehead atoms. The number of rotatable bonds is 5. The highest BCUT2D eigenvalue weighted by Gasteiger charge is 2.42. The number of nitrogens with zero attached hydrogens (tertiary/aromatic N) is 4. The van der Waals surface area contributed by atoms with Crippen molar-refractivity contribution in [3.05, 3.63) is 17.5 Å². The van der Waals surface area contributed by atoms with Crippen molar-refractivity contribution in [2.75, 3.05) is 20.1 Å². The van der Waals surface area contributed by atoms with Gasteiger partial charge in [0.15, 0.2) is 0 Å². The molecule has 1 aliphatic carbocycles. The number of carbonyl (C=O) groups excluding carboxylic acids is 2. The molecule has 2 aliphatic rings. The molecule has 6 nitrogen and oxygen atoms in total. The first-order chi connectivity index (χ1) is 10.5. The Kier molecular flexibility index (Phi) is 3.93. The molecular formula is C16H24N4O2. The van der Waals surface area contributed by atoms with Gasteiger partial charge in [-0.3, -0.25) is 14.3 Å². The number of hydrogen-bond donors (Lipinski definition) is 0. The van der Waals surface area contributed by atoms with Crippen LogP contribution in [0.4, 0.5) is 0 Å². The Morgan fingerprint density at radius 2 is 2.14 bits per heavy atom. The Labute approximate surface area is 131 Å². The molecule has 2 amide bonds. The van der Waals surface area contributed by atoms with Crippen LogP contribution in [-0.4, -0.2) is 57.6 Å². The van der Waals surface area contributed by atoms with Crippen molar-refractivity contribution in [2.24, 2.45) is 5.92 Å². The van der Waals surface area contributed by atoms with Gasteiger partial charge >= 0.3 is 0 Å². The van der Waals surface area contributed by atoms with E-state index in [2.05, 4.69) is 5.10 Å². The van der Waals surface area contributed by atoms with Crippen LogP contribution in [0, 0.1) is 19.8 Å². The summed E-state index contributed by atoms with van der Waals surface area (Å²) in [5, 5.41) is 4.41. The predicted molar refractivity (Wildman–Crippen MR) is 82.2 cm³/mol. The standard InChI is InChI=1S/C16H24N4O2/c1-11-8-12(2)20(17-11)7-6-18(3)16(22)13-9-15(21)19(10-13)14-4-5-14/h8,13-14H,4-7,9-10H2,1-3H3/t13-/m0/s1. The second-order valence-corrected chi connectivity index (χ2v) is 6.59. The van der Waals surface area contributed by atoms with Gasteiger partial charge in [-0.05, 0) is 32.8 Å². The SMILES string of the molecule is Cc1cc(C)n(CCN(C)C(=O)[C@H]2CC(=O)N(C3CC3)C2)n1. The summed E-state index contributed by atoms with van der Waals surface area (Å²) in [6.45, 7) is 5.90. The molecular weight excluding hydrogens is 280 g/mol. The molecule has 1 saturated heterocycles. The Balaban J connectivity index is 1.53. The average Bonchev–Trinajstić information content (AvgIpc) is 3.16. The largest absolute Gasteiger partial charge is 0.344 e. The van der Waals surface area contributed by atoms with Gasteiger partial charge < -0.3 is 9.80 Å². The van der Waals surface area contributed by atoms with Crippen LogP contribution in [0.5, 0.6) is 0 Å². The molecule has 1 aromatic heterocycles. The Hall–Kier alpha value is -1.85. The number of hydrogen-bond acceptors (Lipinski definition) is 3. The number of aryl methyl sites for hydroxylation is 2. The second kappa shape index (κ2) is 5.74. The third kappa shape index (κ3) is 3.00. The molecule has 2 fully saturated rings. The molecule has 1 atom stereocenters. The van der Waals surface area contributed by atoms with Crippen LogP contribution in [0.2, 0.25) is 0 Å². The van der Waals surface area contributed by atoms with Gasteiger partial charge in [-0.2, -0.15) is 5.10 Å². The molecule has 22 heavy (non-hydrogen) atoms. The van der Waals surface area contributed by atoms with Crippen LogP contribution in [-0.2, 0) is 16.1 Å². The van der Waals surface area contributed by atoms with Gasteiger partial charge in [0.2, 0.25) is 11.8 Å². The zero-order chi connectivity index (χ0) is 15.9. The molecule has 0 N–H and O–H groups in total. The Bertz CT molecular complexity index is 591. The van der Waals surface area contributed by atoms with Gasteiger partial charge in [-0.25, -0.2) is 0 Å². The predicted octanol–water partition coefficient (Wildman–Crippen LogP) is 0.969. The number of aromatic nitrogens is 2. The first kappa shape index (κ1) is 15.1. The van der Waals surface area contributed by atoms with E-state index in [1.807, 2.05) is 36.5 Å². The van der Waals surface area contributed by atoms with E-state index in [4.69, 9.17) is 0 Å². The van der Waals surface area contributed by atoms with E-state index in [0.29, 0.717) is 32.1 Å². The maximum absolute atomic E-state index is 12.5. The molecule has 0 radical (unpaired) electrons. The third-order valence-electron chi connectivity index (χ3n) is 4.62. The van der Waals surface area contributed by atoms with Crippen LogP contribution in [0.25, 0.3) is 0 Å². The van der Waals surface area contributed by atoms with Crippen molar-refractivity contribution in [3.8, 4) is 0 Å². The minimum absolute atomic E-state index is 0.0815. The average molecular weight is 304 g/mol. The monoisotopic (exact) mass is 304 g/mol.